The van der Waals surface area contributed by atoms with Crippen molar-refractivity contribution in [3.63, 3.8) is 0 Å². The van der Waals surface area contributed by atoms with Gasteiger partial charge in [-0.3, -0.25) is 4.79 Å². The molecule has 1 N–H and O–H groups in total. The standard InChI is InChI=1S/C19H25N5O/c1-12(17-11-14-8-9-16(17)10-14)20-19(25)13(2)24-22-18(21-23-24)15-6-4-3-5-7-15/h3-7,12-14,16-17H,8-11H2,1-2H3,(H,20,25). The highest BCUT2D eigenvalue weighted by atomic mass is 16.2. The van der Waals surface area contributed by atoms with Gasteiger partial charge in [-0.25, -0.2) is 0 Å². The van der Waals surface area contributed by atoms with E-state index < -0.39 is 6.04 Å². The molecule has 6 nitrogen and oxygen atoms in total. The molecule has 2 bridgehead atoms. The Balaban J connectivity index is 1.40. The minimum Gasteiger partial charge on any atom is -0.351 e. The lowest BCUT2D eigenvalue weighted by Gasteiger charge is -2.29. The number of nitrogens with one attached hydrogen (secondary N) is 1. The van der Waals surface area contributed by atoms with E-state index in [1.54, 1.807) is 0 Å². The summed E-state index contributed by atoms with van der Waals surface area (Å²) in [7, 11) is 0. The summed E-state index contributed by atoms with van der Waals surface area (Å²) in [6, 6.07) is 9.42. The van der Waals surface area contributed by atoms with Crippen molar-refractivity contribution in [1.29, 1.82) is 0 Å². The van der Waals surface area contributed by atoms with Crippen LogP contribution < -0.4 is 5.32 Å². The smallest absolute Gasteiger partial charge is 0.246 e. The summed E-state index contributed by atoms with van der Waals surface area (Å²) >= 11 is 0. The molecule has 5 unspecified atom stereocenters. The van der Waals surface area contributed by atoms with Crippen LogP contribution in [0.15, 0.2) is 30.3 Å². The molecule has 2 aliphatic carbocycles. The Bertz CT molecular complexity index is 743. The van der Waals surface area contributed by atoms with Gasteiger partial charge in [0.1, 0.15) is 6.04 Å². The lowest BCUT2D eigenvalue weighted by Crippen LogP contribution is -2.43. The van der Waals surface area contributed by atoms with Crippen LogP contribution in [-0.4, -0.2) is 32.2 Å². The highest BCUT2D eigenvalue weighted by molar-refractivity contribution is 5.80. The first-order chi connectivity index (χ1) is 12.1. The number of amides is 1. The number of carbonyl (C=O) groups excluding carboxylic acids is 1. The second-order valence-electron chi connectivity index (χ2n) is 7.61. The van der Waals surface area contributed by atoms with E-state index in [0.717, 1.165) is 17.4 Å². The number of hydrogen-bond donors (Lipinski definition) is 1. The zero-order valence-electron chi connectivity index (χ0n) is 14.8. The van der Waals surface area contributed by atoms with Gasteiger partial charge in [0.2, 0.25) is 11.7 Å². The van der Waals surface area contributed by atoms with E-state index in [1.807, 2.05) is 37.3 Å². The Morgan fingerprint density at radius 2 is 2.00 bits per heavy atom. The molecule has 1 amide bonds. The monoisotopic (exact) mass is 339 g/mol. The number of tetrazole rings is 1. The van der Waals surface area contributed by atoms with Crippen LogP contribution in [0.1, 0.15) is 45.6 Å². The maximum atomic E-state index is 12.6. The molecule has 0 saturated heterocycles. The normalized spacial score (nSPS) is 27.2. The molecule has 1 aromatic carbocycles. The Labute approximate surface area is 148 Å². The Morgan fingerprint density at radius 1 is 1.20 bits per heavy atom. The van der Waals surface area contributed by atoms with Gasteiger partial charge in [0.25, 0.3) is 0 Å². The number of fused-ring (bicyclic) bond motifs is 2. The second-order valence-corrected chi connectivity index (χ2v) is 7.61. The lowest BCUT2D eigenvalue weighted by molar-refractivity contribution is -0.125. The number of aromatic nitrogens is 4. The van der Waals surface area contributed by atoms with Crippen LogP contribution in [0.25, 0.3) is 11.4 Å². The van der Waals surface area contributed by atoms with Crippen molar-refractivity contribution >= 4 is 5.91 Å². The zero-order chi connectivity index (χ0) is 17.4. The van der Waals surface area contributed by atoms with Crippen molar-refractivity contribution in [3.8, 4) is 11.4 Å². The Morgan fingerprint density at radius 3 is 2.68 bits per heavy atom. The molecule has 2 aromatic rings. The number of rotatable bonds is 5. The summed E-state index contributed by atoms with van der Waals surface area (Å²) in [5, 5.41) is 15.7. The van der Waals surface area contributed by atoms with Crippen LogP contribution in [-0.2, 0) is 4.79 Å². The number of nitrogens with zero attached hydrogens (tertiary/aromatic N) is 4. The molecule has 132 valence electrons. The molecule has 4 rings (SSSR count). The highest BCUT2D eigenvalue weighted by Crippen LogP contribution is 2.49. The summed E-state index contributed by atoms with van der Waals surface area (Å²) in [5.41, 5.74) is 0.900. The third kappa shape index (κ3) is 3.17. The van der Waals surface area contributed by atoms with E-state index in [9.17, 15) is 4.79 Å². The van der Waals surface area contributed by atoms with Crippen molar-refractivity contribution in [2.45, 2.75) is 51.6 Å². The second kappa shape index (κ2) is 6.58. The summed E-state index contributed by atoms with van der Waals surface area (Å²) in [5.74, 6) is 2.81. The molecule has 0 radical (unpaired) electrons. The quantitative estimate of drug-likeness (QED) is 0.909. The molecule has 2 fully saturated rings. The van der Waals surface area contributed by atoms with Crippen LogP contribution in [0.2, 0.25) is 0 Å². The molecule has 25 heavy (non-hydrogen) atoms. The van der Waals surface area contributed by atoms with Gasteiger partial charge in [0.05, 0.1) is 0 Å². The fourth-order valence-electron chi connectivity index (χ4n) is 4.56. The summed E-state index contributed by atoms with van der Waals surface area (Å²) in [6.07, 6.45) is 5.32. The van der Waals surface area contributed by atoms with Crippen molar-refractivity contribution < 1.29 is 4.79 Å². The summed E-state index contributed by atoms with van der Waals surface area (Å²) in [6.45, 7) is 3.96. The topological polar surface area (TPSA) is 72.7 Å². The number of benzene rings is 1. The van der Waals surface area contributed by atoms with Crippen LogP contribution in [0.5, 0.6) is 0 Å². The predicted molar refractivity (Wildman–Crippen MR) is 94.5 cm³/mol. The van der Waals surface area contributed by atoms with E-state index in [1.165, 1.54) is 30.5 Å². The van der Waals surface area contributed by atoms with E-state index in [-0.39, 0.29) is 11.9 Å². The third-order valence-electron chi connectivity index (χ3n) is 5.99. The van der Waals surface area contributed by atoms with Gasteiger partial charge in [-0.15, -0.1) is 10.2 Å². The fourth-order valence-corrected chi connectivity index (χ4v) is 4.56. The molecule has 2 aliphatic rings. The van der Waals surface area contributed by atoms with Crippen molar-refractivity contribution in [2.24, 2.45) is 17.8 Å². The molecule has 2 saturated carbocycles. The molecule has 1 heterocycles. The van der Waals surface area contributed by atoms with E-state index in [0.29, 0.717) is 11.7 Å². The molecule has 0 spiro atoms. The molecule has 1 aromatic heterocycles. The maximum Gasteiger partial charge on any atom is 0.246 e. The lowest BCUT2D eigenvalue weighted by atomic mass is 9.84. The Hall–Kier alpha value is -2.24. The predicted octanol–water partition coefficient (Wildman–Crippen LogP) is 2.84. The first-order valence-corrected chi connectivity index (χ1v) is 9.27. The van der Waals surface area contributed by atoms with Gasteiger partial charge in [0, 0.05) is 11.6 Å². The molecule has 6 heteroatoms. The molecule has 5 atom stereocenters. The van der Waals surface area contributed by atoms with Gasteiger partial charge in [-0.1, -0.05) is 36.8 Å². The van der Waals surface area contributed by atoms with Crippen LogP contribution in [0.4, 0.5) is 0 Å². The van der Waals surface area contributed by atoms with Crippen molar-refractivity contribution in [2.75, 3.05) is 0 Å². The Kier molecular flexibility index (Phi) is 4.27. The van der Waals surface area contributed by atoms with Crippen LogP contribution >= 0.6 is 0 Å². The number of carbonyl (C=O) groups is 1. The van der Waals surface area contributed by atoms with Gasteiger partial charge < -0.3 is 5.32 Å². The number of hydrogen-bond acceptors (Lipinski definition) is 4. The zero-order valence-corrected chi connectivity index (χ0v) is 14.8. The average molecular weight is 339 g/mol. The average Bonchev–Trinajstić information content (AvgIpc) is 3.38. The van der Waals surface area contributed by atoms with Crippen LogP contribution in [0.3, 0.4) is 0 Å². The molecular weight excluding hydrogens is 314 g/mol. The SMILES string of the molecule is CC(NC(=O)C(C)n1nnc(-c2ccccc2)n1)C1CC2CCC1C2. The van der Waals surface area contributed by atoms with E-state index in [4.69, 9.17) is 0 Å². The molecular formula is C19H25N5O. The summed E-state index contributed by atoms with van der Waals surface area (Å²) < 4.78 is 0. The third-order valence-corrected chi connectivity index (χ3v) is 5.99. The molecule has 0 aliphatic heterocycles. The van der Waals surface area contributed by atoms with E-state index in [2.05, 4.69) is 27.7 Å². The van der Waals surface area contributed by atoms with Crippen molar-refractivity contribution in [1.82, 2.24) is 25.5 Å². The van der Waals surface area contributed by atoms with Gasteiger partial charge in [-0.05, 0) is 56.1 Å². The summed E-state index contributed by atoms with van der Waals surface area (Å²) in [4.78, 5) is 14.0. The van der Waals surface area contributed by atoms with Crippen molar-refractivity contribution in [3.05, 3.63) is 30.3 Å². The minimum absolute atomic E-state index is 0.0349. The van der Waals surface area contributed by atoms with E-state index >= 15 is 0 Å². The minimum atomic E-state index is -0.467. The fraction of sp³-hybridized carbons (Fsp3) is 0.579. The highest BCUT2D eigenvalue weighted by Gasteiger charge is 2.42. The first-order valence-electron chi connectivity index (χ1n) is 9.27. The maximum absolute atomic E-state index is 12.6. The van der Waals surface area contributed by atoms with Gasteiger partial charge in [-0.2, -0.15) is 4.80 Å². The first kappa shape index (κ1) is 16.2. The van der Waals surface area contributed by atoms with Gasteiger partial charge in [0.15, 0.2) is 0 Å². The largest absolute Gasteiger partial charge is 0.351 e. The van der Waals surface area contributed by atoms with Gasteiger partial charge >= 0.3 is 0 Å². The van der Waals surface area contributed by atoms with Crippen LogP contribution in [0, 0.1) is 17.8 Å².